The first-order valence-corrected chi connectivity index (χ1v) is 12.8. The summed E-state index contributed by atoms with van der Waals surface area (Å²) in [6.07, 6.45) is 0.635. The molecule has 0 bridgehead atoms. The van der Waals surface area contributed by atoms with Crippen LogP contribution in [0.2, 0.25) is 10.0 Å². The lowest BCUT2D eigenvalue weighted by atomic mass is 10.0. The number of carboxylic acid groups (broad SMARTS) is 1. The molecule has 4 aromatic rings. The van der Waals surface area contributed by atoms with Gasteiger partial charge in [0.15, 0.2) is 0 Å². The molecule has 1 amide bonds. The number of halogens is 2. The first-order chi connectivity index (χ1) is 18.3. The molecule has 9 heteroatoms. The van der Waals surface area contributed by atoms with E-state index in [1.165, 1.54) is 0 Å². The predicted octanol–water partition coefficient (Wildman–Crippen LogP) is 6.53. The van der Waals surface area contributed by atoms with Crippen molar-refractivity contribution in [2.75, 3.05) is 6.61 Å². The molecule has 0 atom stereocenters. The third-order valence-corrected chi connectivity index (χ3v) is 6.63. The van der Waals surface area contributed by atoms with Crippen molar-refractivity contribution < 1.29 is 23.8 Å². The smallest absolute Gasteiger partial charge is 0.303 e. The number of ether oxygens (including phenoxy) is 1. The molecule has 0 radical (unpaired) electrons. The Hall–Kier alpha value is -3.81. The van der Waals surface area contributed by atoms with Gasteiger partial charge in [0.25, 0.3) is 5.91 Å². The molecule has 0 saturated carbocycles. The molecule has 0 unspecified atom stereocenters. The van der Waals surface area contributed by atoms with Gasteiger partial charge < -0.3 is 19.6 Å². The number of amides is 1. The zero-order chi connectivity index (χ0) is 27.1. The average molecular weight is 553 g/mol. The van der Waals surface area contributed by atoms with E-state index in [1.54, 1.807) is 36.4 Å². The quantitative estimate of drug-likeness (QED) is 0.219. The predicted molar refractivity (Wildman–Crippen MR) is 146 cm³/mol. The van der Waals surface area contributed by atoms with Crippen molar-refractivity contribution in [1.29, 1.82) is 0 Å². The van der Waals surface area contributed by atoms with E-state index in [0.29, 0.717) is 45.8 Å². The maximum absolute atomic E-state index is 13.1. The number of carbonyl (C=O) groups excluding carboxylic acids is 1. The molecule has 38 heavy (non-hydrogen) atoms. The number of hydrogen-bond donors (Lipinski definition) is 2. The van der Waals surface area contributed by atoms with Gasteiger partial charge in [-0.3, -0.25) is 9.59 Å². The second-order valence-electron chi connectivity index (χ2n) is 8.63. The van der Waals surface area contributed by atoms with Gasteiger partial charge in [0.05, 0.1) is 22.3 Å². The van der Waals surface area contributed by atoms with E-state index in [4.69, 9.17) is 37.5 Å². The van der Waals surface area contributed by atoms with Crippen molar-refractivity contribution in [3.63, 3.8) is 0 Å². The summed E-state index contributed by atoms with van der Waals surface area (Å²) in [6.45, 7) is 2.41. The van der Waals surface area contributed by atoms with Crippen molar-refractivity contribution >= 4 is 35.1 Å². The molecule has 0 aliphatic heterocycles. The van der Waals surface area contributed by atoms with Gasteiger partial charge in [-0.25, -0.2) is 4.98 Å². The van der Waals surface area contributed by atoms with Gasteiger partial charge in [0.1, 0.15) is 11.5 Å². The molecule has 0 saturated heterocycles. The van der Waals surface area contributed by atoms with Crippen molar-refractivity contribution in [3.8, 4) is 17.2 Å². The summed E-state index contributed by atoms with van der Waals surface area (Å²) in [7, 11) is 0. The highest BCUT2D eigenvalue weighted by atomic mass is 35.5. The molecule has 2 N–H and O–H groups in total. The highest BCUT2D eigenvalue weighted by Gasteiger charge is 2.16. The van der Waals surface area contributed by atoms with Crippen molar-refractivity contribution in [1.82, 2.24) is 10.3 Å². The fraction of sp³-hybridized carbons (Fsp3) is 0.207. The maximum atomic E-state index is 13.1. The number of carboxylic acids is 1. The Morgan fingerprint density at radius 1 is 1.00 bits per heavy atom. The van der Waals surface area contributed by atoms with Crippen LogP contribution < -0.4 is 10.1 Å². The van der Waals surface area contributed by atoms with Crippen LogP contribution in [-0.4, -0.2) is 28.6 Å². The number of benzene rings is 3. The third-order valence-electron chi connectivity index (χ3n) is 5.89. The van der Waals surface area contributed by atoms with Gasteiger partial charge in [-0.15, -0.1) is 0 Å². The number of rotatable bonds is 11. The van der Waals surface area contributed by atoms with Gasteiger partial charge in [0.2, 0.25) is 5.89 Å². The molecule has 3 aromatic carbocycles. The molecule has 1 heterocycles. The fourth-order valence-electron chi connectivity index (χ4n) is 3.87. The number of aliphatic carboxylic acids is 1. The number of oxazole rings is 1. The van der Waals surface area contributed by atoms with Crippen LogP contribution in [0.3, 0.4) is 0 Å². The summed E-state index contributed by atoms with van der Waals surface area (Å²) < 4.78 is 11.7. The Kier molecular flexibility index (Phi) is 9.05. The molecular weight excluding hydrogens is 527 g/mol. The summed E-state index contributed by atoms with van der Waals surface area (Å²) in [6, 6.07) is 19.9. The second kappa shape index (κ2) is 12.6. The minimum absolute atomic E-state index is 0.0948. The summed E-state index contributed by atoms with van der Waals surface area (Å²) in [5.74, 6) is 0.487. The van der Waals surface area contributed by atoms with E-state index < -0.39 is 5.97 Å². The Morgan fingerprint density at radius 2 is 1.79 bits per heavy atom. The van der Waals surface area contributed by atoms with Crippen LogP contribution >= 0.6 is 23.2 Å². The molecule has 196 valence electrons. The Morgan fingerprint density at radius 3 is 2.53 bits per heavy atom. The average Bonchev–Trinajstić information content (AvgIpc) is 3.29. The van der Waals surface area contributed by atoms with Crippen LogP contribution in [0.25, 0.3) is 11.5 Å². The standard InChI is InChI=1S/C29H26Cl2N2O5/c1-18-26(33-29(38-18)21-5-3-2-4-6-21)13-14-37-22-10-8-20(9-12-27(34)35)23(16-22)28(36)32-17-19-7-11-24(30)25(31)15-19/h2-8,10-11,15-16H,9,12-14,17H2,1H3,(H,32,36)(H,34,35). The molecule has 1 aromatic heterocycles. The summed E-state index contributed by atoms with van der Waals surface area (Å²) in [4.78, 5) is 28.8. The molecule has 4 rings (SSSR count). The third kappa shape index (κ3) is 7.15. The number of hydrogen-bond acceptors (Lipinski definition) is 5. The molecule has 7 nitrogen and oxygen atoms in total. The van der Waals surface area contributed by atoms with Gasteiger partial charge in [0, 0.05) is 30.5 Å². The number of aromatic nitrogens is 1. The van der Waals surface area contributed by atoms with Crippen molar-refractivity contribution in [3.05, 3.63) is 105 Å². The maximum Gasteiger partial charge on any atom is 0.303 e. The summed E-state index contributed by atoms with van der Waals surface area (Å²) >= 11 is 12.0. The summed E-state index contributed by atoms with van der Waals surface area (Å²) in [5, 5.41) is 12.8. The minimum atomic E-state index is -0.939. The topological polar surface area (TPSA) is 102 Å². The first kappa shape index (κ1) is 27.2. The Labute approximate surface area is 230 Å². The monoisotopic (exact) mass is 552 g/mol. The minimum Gasteiger partial charge on any atom is -0.493 e. The van der Waals surface area contributed by atoms with E-state index in [9.17, 15) is 9.59 Å². The number of nitrogens with zero attached hydrogens (tertiary/aromatic N) is 1. The summed E-state index contributed by atoms with van der Waals surface area (Å²) in [5.41, 5.74) is 3.45. The van der Waals surface area contributed by atoms with Gasteiger partial charge in [-0.2, -0.15) is 0 Å². The van der Waals surface area contributed by atoms with Gasteiger partial charge in [-0.1, -0.05) is 53.5 Å². The number of nitrogens with one attached hydrogen (secondary N) is 1. The number of carbonyl (C=O) groups is 2. The van der Waals surface area contributed by atoms with E-state index in [2.05, 4.69) is 10.3 Å². The molecule has 0 fully saturated rings. The lowest BCUT2D eigenvalue weighted by Gasteiger charge is -2.13. The van der Waals surface area contributed by atoms with Gasteiger partial charge in [-0.05, 0) is 60.9 Å². The molecule has 0 aliphatic rings. The molecule has 0 spiro atoms. The normalized spacial score (nSPS) is 10.8. The fourth-order valence-corrected chi connectivity index (χ4v) is 4.19. The Balaban J connectivity index is 1.44. The van der Waals surface area contributed by atoms with Crippen molar-refractivity contribution in [2.24, 2.45) is 0 Å². The highest BCUT2D eigenvalue weighted by Crippen LogP contribution is 2.24. The van der Waals surface area contributed by atoms with Crippen LogP contribution in [0.1, 0.15) is 39.4 Å². The van der Waals surface area contributed by atoms with E-state index >= 15 is 0 Å². The van der Waals surface area contributed by atoms with Crippen LogP contribution in [0.4, 0.5) is 0 Å². The lowest BCUT2D eigenvalue weighted by Crippen LogP contribution is -2.24. The zero-order valence-electron chi connectivity index (χ0n) is 20.7. The van der Waals surface area contributed by atoms with Crippen LogP contribution in [-0.2, 0) is 24.2 Å². The van der Waals surface area contributed by atoms with E-state index in [1.807, 2.05) is 37.3 Å². The zero-order valence-corrected chi connectivity index (χ0v) is 22.2. The van der Waals surface area contributed by atoms with Crippen LogP contribution in [0, 0.1) is 6.92 Å². The molecular formula is C29H26Cl2N2O5. The van der Waals surface area contributed by atoms with Crippen molar-refractivity contribution in [2.45, 2.75) is 32.7 Å². The highest BCUT2D eigenvalue weighted by molar-refractivity contribution is 6.42. The van der Waals surface area contributed by atoms with Crippen LogP contribution in [0.15, 0.2) is 71.1 Å². The van der Waals surface area contributed by atoms with E-state index in [-0.39, 0.29) is 25.3 Å². The molecule has 0 aliphatic carbocycles. The van der Waals surface area contributed by atoms with E-state index in [0.717, 1.165) is 22.6 Å². The lowest BCUT2D eigenvalue weighted by molar-refractivity contribution is -0.136. The van der Waals surface area contributed by atoms with Gasteiger partial charge >= 0.3 is 5.97 Å². The second-order valence-corrected chi connectivity index (χ2v) is 9.44. The van der Waals surface area contributed by atoms with Crippen LogP contribution in [0.5, 0.6) is 5.75 Å². The SMILES string of the molecule is Cc1oc(-c2ccccc2)nc1CCOc1ccc(CCC(=O)O)c(C(=O)NCc2ccc(Cl)c(Cl)c2)c1. The Bertz CT molecular complexity index is 1440. The number of aryl methyl sites for hydroxylation is 2. The first-order valence-electron chi connectivity index (χ1n) is 12.0. The largest absolute Gasteiger partial charge is 0.493 e.